The molecule has 3 heterocycles. The first-order chi connectivity index (χ1) is 29.0. The Labute approximate surface area is 361 Å². The van der Waals surface area contributed by atoms with E-state index in [0.717, 1.165) is 71.2 Å². The van der Waals surface area contributed by atoms with Gasteiger partial charge in [0.15, 0.2) is 5.71 Å². The molecule has 0 bridgehead atoms. The normalized spacial score (nSPS) is 15.9. The summed E-state index contributed by atoms with van der Waals surface area (Å²) in [5.74, 6) is 0.958. The van der Waals surface area contributed by atoms with E-state index in [-0.39, 0.29) is 16.7 Å². The standard InChI is InChI=1S/C48H62ClN7O4/c1-7-9-26-55-35-39(49)34-41-46(55)53-43(47(41,3)4)20-18-37(19-21-44-48(5,6)40-15-10-11-16-42(40)56(44)25-8-2)38-14-12-13-36(33-38)17-22-45(57)51-23-27-58-29-31-60-32-30-59-28-24-52-54-50/h10-16,18-21,33-35H,7-9,17,22-32H2,1-6H3/p+1. The highest BCUT2D eigenvalue weighted by atomic mass is 35.5. The average molecular weight is 838 g/mol. The number of aromatic nitrogens is 1. The predicted molar refractivity (Wildman–Crippen MR) is 243 cm³/mol. The Bertz CT molecular complexity index is 2100. The molecule has 0 radical (unpaired) electrons. The molecule has 3 aromatic rings. The van der Waals surface area contributed by atoms with Crippen LogP contribution in [0.2, 0.25) is 5.02 Å². The summed E-state index contributed by atoms with van der Waals surface area (Å²) < 4.78 is 18.6. The Morgan fingerprint density at radius 3 is 2.45 bits per heavy atom. The lowest BCUT2D eigenvalue weighted by atomic mass is 9.81. The summed E-state index contributed by atoms with van der Waals surface area (Å²) in [4.78, 5) is 23.2. The third-order valence-corrected chi connectivity index (χ3v) is 11.3. The van der Waals surface area contributed by atoms with Gasteiger partial charge in [0.1, 0.15) is 6.20 Å². The number of pyridine rings is 1. The number of aryl methyl sites for hydroxylation is 2. The van der Waals surface area contributed by atoms with Crippen LogP contribution in [-0.4, -0.2) is 70.9 Å². The number of hydrogen-bond acceptors (Lipinski definition) is 7. The van der Waals surface area contributed by atoms with Gasteiger partial charge in [-0.25, -0.2) is 4.57 Å². The summed E-state index contributed by atoms with van der Waals surface area (Å²) >= 11 is 6.66. The summed E-state index contributed by atoms with van der Waals surface area (Å²) in [6.45, 7) is 18.5. The van der Waals surface area contributed by atoms with Crippen molar-refractivity contribution in [1.29, 1.82) is 0 Å². The second-order valence-electron chi connectivity index (χ2n) is 16.2. The van der Waals surface area contributed by atoms with Crippen LogP contribution in [0.3, 0.4) is 0 Å². The summed E-state index contributed by atoms with van der Waals surface area (Å²) in [6, 6.07) is 19.3. The molecule has 2 aliphatic rings. The topological polar surface area (TPSA) is 125 Å². The minimum absolute atomic E-state index is 0.0186. The molecule has 0 spiro atoms. The second kappa shape index (κ2) is 22.7. The van der Waals surface area contributed by atoms with E-state index in [9.17, 15) is 4.79 Å². The molecule has 0 fully saturated rings. The van der Waals surface area contributed by atoms with Crippen LogP contribution in [0.25, 0.3) is 16.0 Å². The van der Waals surface area contributed by atoms with Gasteiger partial charge in [0, 0.05) is 47.8 Å². The Balaban J connectivity index is 1.30. The Kier molecular flexibility index (Phi) is 17.5. The number of hydrogen-bond donors (Lipinski definition) is 1. The lowest BCUT2D eigenvalue weighted by Crippen LogP contribution is -2.35. The number of anilines is 1. The Morgan fingerprint density at radius 1 is 0.950 bits per heavy atom. The SMILES string of the molecule is CCCC[n+]1cc(Cl)cc2c1N=C(/C=C/C(=C/C=C1\N(CCC)c3ccccc3C1(C)C)c1cccc(CCC(=O)NCCOCCOCCOCCN=[N+]=[N-])c1)C2(C)C. The number of fused-ring (bicyclic) bond motifs is 2. The molecule has 1 amide bonds. The lowest BCUT2D eigenvalue weighted by Gasteiger charge is -2.26. The number of carbonyl (C=O) groups excluding carboxylic acids is 1. The number of nitrogens with one attached hydrogen (secondary N) is 1. The van der Waals surface area contributed by atoms with Crippen LogP contribution in [0.4, 0.5) is 11.5 Å². The number of benzene rings is 2. The summed E-state index contributed by atoms with van der Waals surface area (Å²) in [5.41, 5.74) is 17.0. The molecule has 0 unspecified atom stereocenters. The van der Waals surface area contributed by atoms with Gasteiger partial charge in [-0.1, -0.05) is 105 Å². The number of azide groups is 1. The number of carbonyl (C=O) groups is 1. The van der Waals surface area contributed by atoms with Crippen molar-refractivity contribution in [3.8, 4) is 0 Å². The fraction of sp³-hybridized carbons (Fsp3) is 0.479. The van der Waals surface area contributed by atoms with Gasteiger partial charge in [0.2, 0.25) is 5.91 Å². The van der Waals surface area contributed by atoms with Gasteiger partial charge in [-0.15, -0.1) is 0 Å². The van der Waals surface area contributed by atoms with Gasteiger partial charge >= 0.3 is 5.82 Å². The van der Waals surface area contributed by atoms with Gasteiger partial charge in [-0.2, -0.15) is 0 Å². The first kappa shape index (κ1) is 46.3. The zero-order chi connectivity index (χ0) is 43.0. The van der Waals surface area contributed by atoms with Gasteiger partial charge in [-0.3, -0.25) is 4.79 Å². The number of allylic oxidation sites excluding steroid dienone is 6. The number of aliphatic imine (C=N–C) groups is 1. The van der Waals surface area contributed by atoms with Crippen LogP contribution in [0.15, 0.2) is 101 Å². The van der Waals surface area contributed by atoms with E-state index in [2.05, 4.69) is 145 Å². The van der Waals surface area contributed by atoms with Crippen LogP contribution in [0.5, 0.6) is 0 Å². The molecule has 0 saturated carbocycles. The predicted octanol–water partition coefficient (Wildman–Crippen LogP) is 9.93. The zero-order valence-corrected chi connectivity index (χ0v) is 37.1. The number of halogens is 1. The molecule has 12 heteroatoms. The maximum atomic E-state index is 12.8. The minimum Gasteiger partial charge on any atom is -0.379 e. The molecular formula is C48H63ClN7O4+. The van der Waals surface area contributed by atoms with Crippen LogP contribution < -0.4 is 14.8 Å². The fourth-order valence-corrected chi connectivity index (χ4v) is 7.95. The van der Waals surface area contributed by atoms with Crippen molar-refractivity contribution in [2.24, 2.45) is 10.1 Å². The summed E-state index contributed by atoms with van der Waals surface area (Å²) in [6.07, 6.45) is 15.1. The van der Waals surface area contributed by atoms with E-state index in [1.807, 2.05) is 6.20 Å². The molecule has 1 aromatic heterocycles. The molecular weight excluding hydrogens is 774 g/mol. The third kappa shape index (κ3) is 12.2. The fourth-order valence-electron chi connectivity index (χ4n) is 7.72. The highest BCUT2D eigenvalue weighted by Crippen LogP contribution is 2.48. The number of ether oxygens (including phenoxy) is 3. The lowest BCUT2D eigenvalue weighted by molar-refractivity contribution is -0.684. The number of nitrogens with zero attached hydrogens (tertiary/aromatic N) is 6. The smallest absolute Gasteiger partial charge is 0.327 e. The monoisotopic (exact) mass is 836 g/mol. The second-order valence-corrected chi connectivity index (χ2v) is 16.6. The molecule has 1 N–H and O–H groups in total. The van der Waals surface area contributed by atoms with Crippen molar-refractivity contribution in [1.82, 2.24) is 5.32 Å². The molecule has 11 nitrogen and oxygen atoms in total. The molecule has 0 aliphatic carbocycles. The number of unbranched alkanes of at least 4 members (excludes halogenated alkanes) is 1. The number of rotatable bonds is 24. The summed E-state index contributed by atoms with van der Waals surface area (Å²) in [5, 5.41) is 7.12. The van der Waals surface area contributed by atoms with Crippen LogP contribution in [0, 0.1) is 0 Å². The van der Waals surface area contributed by atoms with E-state index in [1.165, 1.54) is 16.9 Å². The largest absolute Gasteiger partial charge is 0.379 e. The molecule has 60 heavy (non-hydrogen) atoms. The van der Waals surface area contributed by atoms with Crippen molar-refractivity contribution in [2.75, 3.05) is 64.2 Å². The Hall–Kier alpha value is -4.77. The molecule has 0 atom stereocenters. The van der Waals surface area contributed by atoms with E-state index >= 15 is 0 Å². The first-order valence-electron chi connectivity index (χ1n) is 21.4. The van der Waals surface area contributed by atoms with Gasteiger partial charge in [0.05, 0.1) is 62.2 Å². The first-order valence-corrected chi connectivity index (χ1v) is 21.8. The van der Waals surface area contributed by atoms with Crippen molar-refractivity contribution >= 4 is 40.3 Å². The quantitative estimate of drug-likeness (QED) is 0.0240. The van der Waals surface area contributed by atoms with Crippen molar-refractivity contribution < 1.29 is 23.6 Å². The van der Waals surface area contributed by atoms with E-state index in [0.29, 0.717) is 65.6 Å². The van der Waals surface area contributed by atoms with Crippen LogP contribution >= 0.6 is 11.6 Å². The molecule has 2 aromatic carbocycles. The molecule has 5 rings (SSSR count). The Morgan fingerprint density at radius 2 is 1.70 bits per heavy atom. The van der Waals surface area contributed by atoms with Crippen LogP contribution in [0.1, 0.15) is 89.5 Å². The van der Waals surface area contributed by atoms with Crippen LogP contribution in [-0.2, 0) is 42.8 Å². The van der Waals surface area contributed by atoms with Crippen molar-refractivity contribution in [2.45, 2.75) is 91.0 Å². The number of amides is 1. The van der Waals surface area contributed by atoms with E-state index < -0.39 is 0 Å². The minimum atomic E-state index is -0.332. The number of para-hydroxylation sites is 1. The van der Waals surface area contributed by atoms with Gasteiger partial charge in [-0.05, 0) is 90.2 Å². The molecule has 320 valence electrons. The molecule has 2 aliphatic heterocycles. The summed E-state index contributed by atoms with van der Waals surface area (Å²) in [7, 11) is 0. The van der Waals surface area contributed by atoms with Gasteiger partial charge < -0.3 is 24.4 Å². The average Bonchev–Trinajstić information content (AvgIpc) is 3.61. The van der Waals surface area contributed by atoms with Gasteiger partial charge in [0.25, 0.3) is 0 Å². The highest BCUT2D eigenvalue weighted by Gasteiger charge is 2.43. The van der Waals surface area contributed by atoms with E-state index in [4.69, 9.17) is 36.3 Å². The maximum absolute atomic E-state index is 12.8. The highest BCUT2D eigenvalue weighted by molar-refractivity contribution is 6.30. The van der Waals surface area contributed by atoms with Crippen molar-refractivity contribution in [3.63, 3.8) is 0 Å². The zero-order valence-electron chi connectivity index (χ0n) is 36.4. The maximum Gasteiger partial charge on any atom is 0.327 e. The third-order valence-electron chi connectivity index (χ3n) is 11.1. The molecule has 0 saturated heterocycles. The van der Waals surface area contributed by atoms with Crippen molar-refractivity contribution in [3.05, 3.63) is 129 Å². The van der Waals surface area contributed by atoms with E-state index in [1.54, 1.807) is 0 Å².